The molecule has 0 spiro atoms. The topological polar surface area (TPSA) is 97.1 Å². The van der Waals surface area contributed by atoms with Gasteiger partial charge in [0.15, 0.2) is 5.69 Å². The van der Waals surface area contributed by atoms with Crippen LogP contribution >= 0.6 is 0 Å². The van der Waals surface area contributed by atoms with E-state index in [0.717, 1.165) is 17.7 Å². The van der Waals surface area contributed by atoms with Crippen LogP contribution in [-0.4, -0.2) is 32.0 Å². The molecule has 22 heavy (non-hydrogen) atoms. The van der Waals surface area contributed by atoms with Crippen molar-refractivity contribution in [1.29, 1.82) is 0 Å². The van der Waals surface area contributed by atoms with Crippen LogP contribution in [0.4, 0.5) is 5.69 Å². The Kier molecular flexibility index (Phi) is 4.88. The van der Waals surface area contributed by atoms with E-state index in [1.54, 1.807) is 0 Å². The molecule has 0 atom stereocenters. The average Bonchev–Trinajstić information content (AvgIpc) is 2.85. The third-order valence-electron chi connectivity index (χ3n) is 3.24. The number of nitrogens with one attached hydrogen (secondary N) is 1. The van der Waals surface area contributed by atoms with E-state index in [1.807, 2.05) is 38.1 Å². The van der Waals surface area contributed by atoms with Crippen LogP contribution in [0.3, 0.4) is 0 Å². The van der Waals surface area contributed by atoms with Gasteiger partial charge in [-0.1, -0.05) is 36.8 Å². The summed E-state index contributed by atoms with van der Waals surface area (Å²) in [5.74, 6) is -1.40. The van der Waals surface area contributed by atoms with Crippen molar-refractivity contribution in [3.8, 4) is 0 Å². The maximum Gasteiger partial charge on any atom is 0.358 e. The molecular weight excluding hydrogens is 284 g/mol. The van der Waals surface area contributed by atoms with Crippen LogP contribution in [0, 0.1) is 6.92 Å². The molecule has 0 radical (unpaired) electrons. The van der Waals surface area contributed by atoms with Gasteiger partial charge < -0.3 is 10.4 Å². The molecule has 0 aliphatic heterocycles. The Balaban J connectivity index is 2.15. The van der Waals surface area contributed by atoms with Gasteiger partial charge in [0.1, 0.15) is 6.54 Å². The number of aromatic nitrogens is 3. The van der Waals surface area contributed by atoms with Gasteiger partial charge in [-0.05, 0) is 25.0 Å². The van der Waals surface area contributed by atoms with Crippen molar-refractivity contribution in [2.45, 2.75) is 33.2 Å². The molecule has 2 rings (SSSR count). The zero-order valence-corrected chi connectivity index (χ0v) is 12.5. The number of carboxylic acid groups (broad SMARTS) is 1. The van der Waals surface area contributed by atoms with Gasteiger partial charge in [0.05, 0.1) is 5.69 Å². The molecule has 7 nitrogen and oxygen atoms in total. The van der Waals surface area contributed by atoms with Crippen molar-refractivity contribution in [1.82, 2.24) is 15.0 Å². The number of carboxylic acids is 1. The van der Waals surface area contributed by atoms with E-state index >= 15 is 0 Å². The van der Waals surface area contributed by atoms with E-state index in [1.165, 1.54) is 4.68 Å². The number of hydrogen-bond acceptors (Lipinski definition) is 4. The van der Waals surface area contributed by atoms with Crippen molar-refractivity contribution >= 4 is 17.6 Å². The van der Waals surface area contributed by atoms with Crippen LogP contribution < -0.4 is 5.32 Å². The largest absolute Gasteiger partial charge is 0.476 e. The number of rotatable bonds is 6. The minimum atomic E-state index is -1.13. The molecule has 1 aromatic heterocycles. The molecular formula is C15H18N4O3. The molecule has 0 aliphatic carbocycles. The first-order valence-electron chi connectivity index (χ1n) is 7.04. The molecule has 2 N–H and O–H groups in total. The van der Waals surface area contributed by atoms with Gasteiger partial charge in [0, 0.05) is 5.69 Å². The Morgan fingerprint density at radius 1 is 1.32 bits per heavy atom. The summed E-state index contributed by atoms with van der Waals surface area (Å²) in [4.78, 5) is 23.2. The highest BCUT2D eigenvalue weighted by molar-refractivity contribution is 5.91. The fourth-order valence-corrected chi connectivity index (χ4v) is 2.15. The summed E-state index contributed by atoms with van der Waals surface area (Å²) in [6.07, 6.45) is 1.25. The predicted octanol–water partition coefficient (Wildman–Crippen LogP) is 1.88. The maximum absolute atomic E-state index is 12.1. The molecule has 7 heteroatoms. The van der Waals surface area contributed by atoms with Gasteiger partial charge in [-0.25, -0.2) is 9.48 Å². The van der Waals surface area contributed by atoms with Gasteiger partial charge >= 0.3 is 5.97 Å². The first-order chi connectivity index (χ1) is 10.5. The van der Waals surface area contributed by atoms with Gasteiger partial charge in [-0.3, -0.25) is 4.79 Å². The van der Waals surface area contributed by atoms with Crippen molar-refractivity contribution in [3.63, 3.8) is 0 Å². The Labute approximate surface area is 128 Å². The molecule has 1 heterocycles. The fraction of sp³-hybridized carbons (Fsp3) is 0.333. The highest BCUT2D eigenvalue weighted by Crippen LogP contribution is 2.14. The number of aryl methyl sites for hydroxylation is 1. The van der Waals surface area contributed by atoms with E-state index in [-0.39, 0.29) is 18.1 Å². The number of carbonyl (C=O) groups is 2. The molecule has 0 fully saturated rings. The van der Waals surface area contributed by atoms with Gasteiger partial charge in [0.25, 0.3) is 0 Å². The minimum absolute atomic E-state index is 0.0655. The summed E-state index contributed by atoms with van der Waals surface area (Å²) in [7, 11) is 0. The Hall–Kier alpha value is -2.70. The number of amides is 1. The van der Waals surface area contributed by atoms with E-state index in [2.05, 4.69) is 15.6 Å². The zero-order valence-electron chi connectivity index (χ0n) is 12.5. The summed E-state index contributed by atoms with van der Waals surface area (Å²) in [6.45, 7) is 3.76. The monoisotopic (exact) mass is 302 g/mol. The molecule has 1 aromatic carbocycles. The standard InChI is InChI=1S/C15H18N4O3/c1-3-6-12-14(15(21)22)17-18-19(12)9-13(20)16-11-8-5-4-7-10(11)2/h4-5,7-8H,3,6,9H2,1-2H3,(H,16,20)(H,21,22). The summed E-state index contributed by atoms with van der Waals surface area (Å²) in [5, 5.41) is 19.3. The number of para-hydroxylation sites is 1. The SMILES string of the molecule is CCCc1c(C(=O)O)nnn1CC(=O)Nc1ccccc1C. The lowest BCUT2D eigenvalue weighted by Crippen LogP contribution is -2.21. The summed E-state index contributed by atoms with van der Waals surface area (Å²) in [5.41, 5.74) is 2.05. The Bertz CT molecular complexity index is 694. The lowest BCUT2D eigenvalue weighted by Gasteiger charge is -2.09. The van der Waals surface area contributed by atoms with Gasteiger partial charge in [-0.2, -0.15) is 0 Å². The Morgan fingerprint density at radius 3 is 2.68 bits per heavy atom. The van der Waals surface area contributed by atoms with Crippen LogP contribution in [0.15, 0.2) is 24.3 Å². The van der Waals surface area contributed by atoms with E-state index < -0.39 is 5.97 Å². The third kappa shape index (κ3) is 3.49. The summed E-state index contributed by atoms with van der Waals surface area (Å²) in [6, 6.07) is 7.43. The van der Waals surface area contributed by atoms with E-state index in [4.69, 9.17) is 5.11 Å². The number of benzene rings is 1. The lowest BCUT2D eigenvalue weighted by molar-refractivity contribution is -0.117. The molecule has 116 valence electrons. The molecule has 1 amide bonds. The summed E-state index contributed by atoms with van der Waals surface area (Å²) >= 11 is 0. The maximum atomic E-state index is 12.1. The third-order valence-corrected chi connectivity index (χ3v) is 3.24. The lowest BCUT2D eigenvalue weighted by atomic mass is 10.2. The van der Waals surface area contributed by atoms with Crippen molar-refractivity contribution in [2.75, 3.05) is 5.32 Å². The second-order valence-electron chi connectivity index (χ2n) is 4.96. The summed E-state index contributed by atoms with van der Waals surface area (Å²) < 4.78 is 1.35. The molecule has 0 bridgehead atoms. The molecule has 0 unspecified atom stereocenters. The number of anilines is 1. The van der Waals surface area contributed by atoms with Gasteiger partial charge in [-0.15, -0.1) is 5.10 Å². The molecule has 0 aliphatic rings. The minimum Gasteiger partial charge on any atom is -0.476 e. The number of nitrogens with zero attached hydrogens (tertiary/aromatic N) is 3. The average molecular weight is 302 g/mol. The van der Waals surface area contributed by atoms with Crippen LogP contribution in [0.1, 0.15) is 35.1 Å². The van der Waals surface area contributed by atoms with Crippen LogP contribution in [-0.2, 0) is 17.8 Å². The van der Waals surface area contributed by atoms with Crippen molar-refractivity contribution < 1.29 is 14.7 Å². The first kappa shape index (κ1) is 15.7. The van der Waals surface area contributed by atoms with E-state index in [0.29, 0.717) is 12.1 Å². The quantitative estimate of drug-likeness (QED) is 0.849. The van der Waals surface area contributed by atoms with Crippen LogP contribution in [0.25, 0.3) is 0 Å². The second kappa shape index (κ2) is 6.84. The molecule has 2 aromatic rings. The Morgan fingerprint density at radius 2 is 2.05 bits per heavy atom. The smallest absolute Gasteiger partial charge is 0.358 e. The highest BCUT2D eigenvalue weighted by atomic mass is 16.4. The fourth-order valence-electron chi connectivity index (χ4n) is 2.15. The van der Waals surface area contributed by atoms with Crippen molar-refractivity contribution in [2.24, 2.45) is 0 Å². The number of hydrogen-bond donors (Lipinski definition) is 2. The van der Waals surface area contributed by atoms with Crippen molar-refractivity contribution in [3.05, 3.63) is 41.2 Å². The highest BCUT2D eigenvalue weighted by Gasteiger charge is 2.19. The second-order valence-corrected chi connectivity index (χ2v) is 4.96. The first-order valence-corrected chi connectivity index (χ1v) is 7.04. The molecule has 0 saturated carbocycles. The van der Waals surface area contributed by atoms with Crippen LogP contribution in [0.5, 0.6) is 0 Å². The van der Waals surface area contributed by atoms with Gasteiger partial charge in [0.2, 0.25) is 5.91 Å². The predicted molar refractivity (Wildman–Crippen MR) is 80.8 cm³/mol. The zero-order chi connectivity index (χ0) is 16.1. The number of aromatic carboxylic acids is 1. The van der Waals surface area contributed by atoms with E-state index in [9.17, 15) is 9.59 Å². The van der Waals surface area contributed by atoms with Crippen LogP contribution in [0.2, 0.25) is 0 Å². The number of carbonyl (C=O) groups excluding carboxylic acids is 1. The molecule has 0 saturated heterocycles. The normalized spacial score (nSPS) is 10.5.